The quantitative estimate of drug-likeness (QED) is 0.897. The van der Waals surface area contributed by atoms with Crippen LogP contribution >= 0.6 is 0 Å². The summed E-state index contributed by atoms with van der Waals surface area (Å²) in [5.74, 6) is 0.889. The Morgan fingerprint density at radius 2 is 2.05 bits per heavy atom. The van der Waals surface area contributed by atoms with E-state index in [0.29, 0.717) is 6.10 Å². The van der Waals surface area contributed by atoms with Gasteiger partial charge in [-0.3, -0.25) is 4.98 Å². The van der Waals surface area contributed by atoms with Crippen molar-refractivity contribution in [2.45, 2.75) is 18.9 Å². The van der Waals surface area contributed by atoms with Crippen molar-refractivity contribution in [1.82, 2.24) is 9.88 Å². The molecule has 1 fully saturated rings. The Bertz CT molecular complexity index is 577. The van der Waals surface area contributed by atoms with Gasteiger partial charge >= 0.3 is 0 Å². The molecule has 0 atom stereocenters. The number of hydrogen-bond acceptors (Lipinski definition) is 4. The van der Waals surface area contributed by atoms with Crippen LogP contribution in [0.5, 0.6) is 5.75 Å². The van der Waals surface area contributed by atoms with E-state index in [1.807, 2.05) is 24.3 Å². The third-order valence-electron chi connectivity index (χ3n) is 3.72. The van der Waals surface area contributed by atoms with Crippen LogP contribution in [0.15, 0.2) is 30.5 Å². The maximum atomic E-state index is 6.04. The fraction of sp³-hybridized carbons (Fsp3) is 0.400. The molecule has 1 aromatic carbocycles. The predicted octanol–water partition coefficient (Wildman–Crippen LogP) is 2.29. The van der Waals surface area contributed by atoms with Gasteiger partial charge in [0.2, 0.25) is 0 Å². The Morgan fingerprint density at radius 3 is 2.84 bits per heavy atom. The van der Waals surface area contributed by atoms with Crippen molar-refractivity contribution < 1.29 is 4.74 Å². The zero-order valence-corrected chi connectivity index (χ0v) is 11.2. The molecule has 1 aliphatic heterocycles. The highest BCUT2D eigenvalue weighted by Crippen LogP contribution is 2.25. The summed E-state index contributed by atoms with van der Waals surface area (Å²) in [6, 6.07) is 7.77. The second-order valence-electron chi connectivity index (χ2n) is 5.20. The van der Waals surface area contributed by atoms with Crippen molar-refractivity contribution in [2.75, 3.05) is 25.9 Å². The third-order valence-corrected chi connectivity index (χ3v) is 3.72. The highest BCUT2D eigenvalue weighted by Gasteiger charge is 2.18. The van der Waals surface area contributed by atoms with Gasteiger partial charge < -0.3 is 15.4 Å². The molecule has 2 aromatic rings. The summed E-state index contributed by atoms with van der Waals surface area (Å²) < 4.78 is 6.04. The van der Waals surface area contributed by atoms with Crippen molar-refractivity contribution in [1.29, 1.82) is 0 Å². The number of hydrogen-bond donors (Lipinski definition) is 1. The van der Waals surface area contributed by atoms with Gasteiger partial charge in [-0.1, -0.05) is 0 Å². The monoisotopic (exact) mass is 257 g/mol. The van der Waals surface area contributed by atoms with Crippen LogP contribution < -0.4 is 10.5 Å². The van der Waals surface area contributed by atoms with E-state index in [4.69, 9.17) is 10.5 Å². The molecular weight excluding hydrogens is 238 g/mol. The molecule has 0 spiro atoms. The number of likely N-dealkylation sites (tertiary alicyclic amines) is 1. The Morgan fingerprint density at radius 1 is 1.26 bits per heavy atom. The minimum atomic E-state index is 0.315. The molecule has 1 saturated heterocycles. The van der Waals surface area contributed by atoms with E-state index in [9.17, 15) is 0 Å². The zero-order valence-electron chi connectivity index (χ0n) is 11.2. The van der Waals surface area contributed by atoms with Gasteiger partial charge in [-0.2, -0.15) is 0 Å². The minimum Gasteiger partial charge on any atom is -0.490 e. The van der Waals surface area contributed by atoms with Crippen molar-refractivity contribution in [3.05, 3.63) is 30.5 Å². The molecule has 1 aromatic heterocycles. The molecule has 0 saturated carbocycles. The Balaban J connectivity index is 1.78. The van der Waals surface area contributed by atoms with E-state index in [-0.39, 0.29) is 0 Å². The van der Waals surface area contributed by atoms with Crippen LogP contribution in [-0.2, 0) is 0 Å². The summed E-state index contributed by atoms with van der Waals surface area (Å²) in [4.78, 5) is 6.68. The van der Waals surface area contributed by atoms with Crippen LogP contribution in [0.1, 0.15) is 12.8 Å². The summed E-state index contributed by atoms with van der Waals surface area (Å²) in [5.41, 5.74) is 7.57. The first-order chi connectivity index (χ1) is 9.22. The van der Waals surface area contributed by atoms with Crippen LogP contribution in [0.3, 0.4) is 0 Å². The van der Waals surface area contributed by atoms with Gasteiger partial charge in [-0.25, -0.2) is 0 Å². The number of rotatable bonds is 2. The Kier molecular flexibility index (Phi) is 3.25. The molecule has 0 radical (unpaired) electrons. The van der Waals surface area contributed by atoms with E-state index in [1.165, 1.54) is 0 Å². The molecule has 3 rings (SSSR count). The molecule has 4 heteroatoms. The second kappa shape index (κ2) is 5.05. The number of nitrogen functional groups attached to an aromatic ring is 1. The average molecular weight is 257 g/mol. The van der Waals surface area contributed by atoms with Crippen LogP contribution in [0.4, 0.5) is 5.69 Å². The smallest absolute Gasteiger partial charge is 0.121 e. The largest absolute Gasteiger partial charge is 0.490 e. The van der Waals surface area contributed by atoms with Gasteiger partial charge in [-0.05, 0) is 38.1 Å². The number of aromatic nitrogens is 1. The molecule has 4 nitrogen and oxygen atoms in total. The van der Waals surface area contributed by atoms with Crippen molar-refractivity contribution in [2.24, 2.45) is 0 Å². The summed E-state index contributed by atoms with van der Waals surface area (Å²) >= 11 is 0. The predicted molar refractivity (Wildman–Crippen MR) is 77.3 cm³/mol. The highest BCUT2D eigenvalue weighted by molar-refractivity contribution is 5.90. The lowest BCUT2D eigenvalue weighted by Crippen LogP contribution is -2.35. The van der Waals surface area contributed by atoms with E-state index in [0.717, 1.165) is 48.3 Å². The minimum absolute atomic E-state index is 0.315. The molecule has 1 aliphatic rings. The zero-order chi connectivity index (χ0) is 13.2. The molecule has 0 unspecified atom stereocenters. The van der Waals surface area contributed by atoms with E-state index < -0.39 is 0 Å². The second-order valence-corrected chi connectivity index (χ2v) is 5.20. The lowest BCUT2D eigenvalue weighted by Gasteiger charge is -2.29. The number of pyridine rings is 1. The molecule has 100 valence electrons. The number of nitrogens with zero attached hydrogens (tertiary/aromatic N) is 2. The molecule has 19 heavy (non-hydrogen) atoms. The average Bonchev–Trinajstić information content (AvgIpc) is 2.42. The van der Waals surface area contributed by atoms with Crippen LogP contribution in [0, 0.1) is 0 Å². The van der Waals surface area contributed by atoms with Gasteiger partial charge in [-0.15, -0.1) is 0 Å². The molecule has 0 bridgehead atoms. The lowest BCUT2D eigenvalue weighted by atomic mass is 10.1. The van der Waals surface area contributed by atoms with Crippen LogP contribution in [0.25, 0.3) is 10.9 Å². The molecule has 2 N–H and O–H groups in total. The summed E-state index contributed by atoms with van der Waals surface area (Å²) in [6.45, 7) is 2.20. The maximum absolute atomic E-state index is 6.04. The van der Waals surface area contributed by atoms with E-state index >= 15 is 0 Å². The first kappa shape index (κ1) is 12.2. The number of benzene rings is 1. The fourth-order valence-electron chi connectivity index (χ4n) is 2.52. The maximum Gasteiger partial charge on any atom is 0.121 e. The van der Waals surface area contributed by atoms with Crippen molar-refractivity contribution in [3.8, 4) is 5.75 Å². The number of piperidine rings is 1. The van der Waals surface area contributed by atoms with Crippen molar-refractivity contribution in [3.63, 3.8) is 0 Å². The topological polar surface area (TPSA) is 51.4 Å². The molecule has 2 heterocycles. The first-order valence-corrected chi connectivity index (χ1v) is 6.72. The van der Waals surface area contributed by atoms with E-state index in [1.54, 1.807) is 6.20 Å². The van der Waals surface area contributed by atoms with Gasteiger partial charge in [0.15, 0.2) is 0 Å². The summed E-state index contributed by atoms with van der Waals surface area (Å²) in [6.07, 6.45) is 4.21. The normalized spacial score (nSPS) is 17.7. The summed E-state index contributed by atoms with van der Waals surface area (Å²) in [7, 11) is 2.15. The van der Waals surface area contributed by atoms with Crippen LogP contribution in [0.2, 0.25) is 0 Å². The van der Waals surface area contributed by atoms with E-state index in [2.05, 4.69) is 16.9 Å². The third kappa shape index (κ3) is 2.63. The SMILES string of the molecule is CN1CCC(Oc2ccc3c(N)ccnc3c2)CC1. The Labute approximate surface area is 113 Å². The first-order valence-electron chi connectivity index (χ1n) is 6.72. The molecule has 0 aliphatic carbocycles. The number of nitrogens with two attached hydrogens (primary N) is 1. The number of fused-ring (bicyclic) bond motifs is 1. The number of anilines is 1. The van der Waals surface area contributed by atoms with Crippen LogP contribution in [-0.4, -0.2) is 36.1 Å². The Hall–Kier alpha value is -1.81. The summed E-state index contributed by atoms with van der Waals surface area (Å²) in [5, 5.41) is 0.984. The lowest BCUT2D eigenvalue weighted by molar-refractivity contribution is 0.114. The number of ether oxygens (including phenoxy) is 1. The van der Waals surface area contributed by atoms with Gasteiger partial charge in [0.25, 0.3) is 0 Å². The molecule has 0 amide bonds. The van der Waals surface area contributed by atoms with Gasteiger partial charge in [0.1, 0.15) is 11.9 Å². The fourth-order valence-corrected chi connectivity index (χ4v) is 2.52. The molecular formula is C15H19N3O. The van der Waals surface area contributed by atoms with Gasteiger partial charge in [0, 0.05) is 36.4 Å². The standard InChI is InChI=1S/C15H19N3O/c1-18-8-5-11(6-9-18)19-12-2-3-13-14(16)4-7-17-15(13)10-12/h2-4,7,10-11H,5-6,8-9H2,1H3,(H2,16,17). The van der Waals surface area contributed by atoms with Gasteiger partial charge in [0.05, 0.1) is 5.52 Å². The highest BCUT2D eigenvalue weighted by atomic mass is 16.5. The van der Waals surface area contributed by atoms with Crippen molar-refractivity contribution >= 4 is 16.6 Å².